The second-order valence-corrected chi connectivity index (χ2v) is 3.62. The molecule has 16 heavy (non-hydrogen) atoms. The zero-order valence-corrected chi connectivity index (χ0v) is 9.36. The summed E-state index contributed by atoms with van der Waals surface area (Å²) in [6.45, 7) is 3.72. The fourth-order valence-corrected chi connectivity index (χ4v) is 1.79. The van der Waals surface area contributed by atoms with Crippen LogP contribution in [0.2, 0.25) is 0 Å². The first-order chi connectivity index (χ1) is 7.67. The van der Waals surface area contributed by atoms with E-state index in [9.17, 15) is 4.79 Å². The number of methoxy groups -OCH3 is 1. The molecule has 82 valence electrons. The van der Waals surface area contributed by atoms with E-state index >= 15 is 0 Å². The van der Waals surface area contributed by atoms with Crippen LogP contribution in [0.3, 0.4) is 0 Å². The number of hydrogen-bond donors (Lipinski definition) is 0. The summed E-state index contributed by atoms with van der Waals surface area (Å²) in [5.41, 5.74) is 2.49. The van der Waals surface area contributed by atoms with Gasteiger partial charge in [-0.05, 0) is 23.8 Å². The van der Waals surface area contributed by atoms with Crippen molar-refractivity contribution in [1.29, 1.82) is 0 Å². The zero-order valence-electron chi connectivity index (χ0n) is 9.36. The minimum atomic E-state index is -0.320. The number of carbonyl (C=O) groups excluding carboxylic acids is 1. The molecule has 0 bridgehead atoms. The molecule has 1 heterocycles. The van der Waals surface area contributed by atoms with Crippen LogP contribution in [-0.2, 0) is 11.8 Å². The summed E-state index contributed by atoms with van der Waals surface area (Å²) in [4.78, 5) is 11.6. The normalized spacial score (nSPS) is 10.4. The minimum absolute atomic E-state index is 0.320. The summed E-state index contributed by atoms with van der Waals surface area (Å²) in [6.07, 6.45) is 3.64. The quantitative estimate of drug-likeness (QED) is 0.721. The second kappa shape index (κ2) is 3.85. The van der Waals surface area contributed by atoms with Gasteiger partial charge in [-0.2, -0.15) is 0 Å². The number of esters is 1. The predicted molar refractivity (Wildman–Crippen MR) is 64.3 cm³/mol. The van der Waals surface area contributed by atoms with Crippen molar-refractivity contribution in [2.45, 2.75) is 0 Å². The molecule has 0 aliphatic heterocycles. The molecule has 0 fully saturated rings. The van der Waals surface area contributed by atoms with Gasteiger partial charge in [0.1, 0.15) is 0 Å². The van der Waals surface area contributed by atoms with Crippen LogP contribution in [0, 0.1) is 0 Å². The smallest absolute Gasteiger partial charge is 0.338 e. The lowest BCUT2D eigenvalue weighted by Gasteiger charge is -2.04. The van der Waals surface area contributed by atoms with Crippen molar-refractivity contribution in [2.24, 2.45) is 7.05 Å². The molecule has 0 aliphatic carbocycles. The summed E-state index contributed by atoms with van der Waals surface area (Å²) in [6, 6.07) is 5.70. The number of nitrogens with zero attached hydrogens (tertiary/aromatic N) is 1. The van der Waals surface area contributed by atoms with Crippen molar-refractivity contribution in [2.75, 3.05) is 7.11 Å². The van der Waals surface area contributed by atoms with Gasteiger partial charge in [0, 0.05) is 24.1 Å². The second-order valence-electron chi connectivity index (χ2n) is 3.62. The van der Waals surface area contributed by atoms with Crippen molar-refractivity contribution in [3.63, 3.8) is 0 Å². The fourth-order valence-electron chi connectivity index (χ4n) is 1.79. The summed E-state index contributed by atoms with van der Waals surface area (Å²) < 4.78 is 6.74. The maximum absolute atomic E-state index is 11.6. The van der Waals surface area contributed by atoms with Gasteiger partial charge < -0.3 is 9.30 Å². The number of hydrogen-bond acceptors (Lipinski definition) is 2. The predicted octanol–water partition coefficient (Wildman–Crippen LogP) is 2.61. The van der Waals surface area contributed by atoms with Crippen LogP contribution in [0.1, 0.15) is 15.9 Å². The van der Waals surface area contributed by atoms with Crippen LogP contribution in [0.25, 0.3) is 17.0 Å². The number of ether oxygens (including phenoxy) is 1. The van der Waals surface area contributed by atoms with Crippen molar-refractivity contribution in [3.8, 4) is 0 Å². The Hall–Kier alpha value is -2.03. The van der Waals surface area contributed by atoms with Gasteiger partial charge in [0.25, 0.3) is 0 Å². The first kappa shape index (κ1) is 10.5. The highest BCUT2D eigenvalue weighted by molar-refractivity contribution is 6.04. The third kappa shape index (κ3) is 1.50. The Labute approximate surface area is 93.9 Å². The maximum Gasteiger partial charge on any atom is 0.338 e. The molecule has 0 aliphatic rings. The lowest BCUT2D eigenvalue weighted by atomic mass is 10.1. The minimum Gasteiger partial charge on any atom is -0.465 e. The van der Waals surface area contributed by atoms with Crippen molar-refractivity contribution in [1.82, 2.24) is 4.57 Å². The highest BCUT2D eigenvalue weighted by Crippen LogP contribution is 2.23. The van der Waals surface area contributed by atoms with E-state index in [1.54, 1.807) is 12.1 Å². The lowest BCUT2D eigenvalue weighted by Crippen LogP contribution is -2.02. The average Bonchev–Trinajstić information content (AvgIpc) is 2.69. The summed E-state index contributed by atoms with van der Waals surface area (Å²) in [7, 11) is 3.33. The Bertz CT molecular complexity index is 567. The van der Waals surface area contributed by atoms with Crippen molar-refractivity contribution < 1.29 is 9.53 Å². The van der Waals surface area contributed by atoms with Gasteiger partial charge in [0.05, 0.1) is 12.7 Å². The van der Waals surface area contributed by atoms with Gasteiger partial charge >= 0.3 is 5.97 Å². The van der Waals surface area contributed by atoms with Crippen LogP contribution >= 0.6 is 0 Å². The molecule has 0 amide bonds. The molecule has 0 saturated heterocycles. The molecule has 2 rings (SSSR count). The molecule has 0 spiro atoms. The number of carbonyl (C=O) groups is 1. The number of aryl methyl sites for hydroxylation is 1. The van der Waals surface area contributed by atoms with E-state index in [0.29, 0.717) is 5.56 Å². The largest absolute Gasteiger partial charge is 0.465 e. The lowest BCUT2D eigenvalue weighted by molar-refractivity contribution is 0.0603. The van der Waals surface area contributed by atoms with Gasteiger partial charge in [0.2, 0.25) is 0 Å². The van der Waals surface area contributed by atoms with E-state index in [-0.39, 0.29) is 5.97 Å². The van der Waals surface area contributed by atoms with Crippen LogP contribution in [0.4, 0.5) is 0 Å². The maximum atomic E-state index is 11.6. The molecule has 0 saturated carbocycles. The van der Waals surface area contributed by atoms with Crippen molar-refractivity contribution in [3.05, 3.63) is 42.1 Å². The third-order valence-corrected chi connectivity index (χ3v) is 2.67. The van der Waals surface area contributed by atoms with E-state index in [1.807, 2.05) is 29.9 Å². The molecule has 1 aromatic carbocycles. The Kier molecular flexibility index (Phi) is 2.52. The molecule has 3 nitrogen and oxygen atoms in total. The van der Waals surface area contributed by atoms with Crippen LogP contribution in [0.5, 0.6) is 0 Å². The van der Waals surface area contributed by atoms with Gasteiger partial charge in [0.15, 0.2) is 0 Å². The van der Waals surface area contributed by atoms with E-state index in [4.69, 9.17) is 4.74 Å². The molecule has 0 unspecified atom stereocenters. The molecular formula is C13H13NO2. The van der Waals surface area contributed by atoms with Gasteiger partial charge in [-0.1, -0.05) is 12.7 Å². The van der Waals surface area contributed by atoms with Crippen LogP contribution < -0.4 is 0 Å². The molecule has 2 aromatic rings. The topological polar surface area (TPSA) is 31.2 Å². The Morgan fingerprint density at radius 1 is 1.50 bits per heavy atom. The first-order valence-corrected chi connectivity index (χ1v) is 4.97. The molecular weight excluding hydrogens is 202 g/mol. The monoisotopic (exact) mass is 215 g/mol. The molecule has 1 aromatic heterocycles. The SMILES string of the molecule is C=Cc1cc(C(=O)OC)c2ccn(C)c2c1. The molecule has 3 heteroatoms. The number of rotatable bonds is 2. The Balaban J connectivity index is 2.79. The molecule has 0 radical (unpaired) electrons. The third-order valence-electron chi connectivity index (χ3n) is 2.67. The zero-order chi connectivity index (χ0) is 11.7. The van der Waals surface area contributed by atoms with Crippen molar-refractivity contribution >= 4 is 22.9 Å². The Morgan fingerprint density at radius 2 is 2.25 bits per heavy atom. The van der Waals surface area contributed by atoms with Crippen LogP contribution in [0.15, 0.2) is 31.0 Å². The number of aromatic nitrogens is 1. The average molecular weight is 215 g/mol. The first-order valence-electron chi connectivity index (χ1n) is 4.97. The molecule has 0 N–H and O–H groups in total. The van der Waals surface area contributed by atoms with Gasteiger partial charge in [-0.3, -0.25) is 0 Å². The van der Waals surface area contributed by atoms with E-state index in [0.717, 1.165) is 16.5 Å². The number of fused-ring (bicyclic) bond motifs is 1. The number of benzene rings is 1. The van der Waals surface area contributed by atoms with E-state index in [2.05, 4.69) is 6.58 Å². The van der Waals surface area contributed by atoms with Crippen LogP contribution in [-0.4, -0.2) is 17.6 Å². The summed E-state index contributed by atoms with van der Waals surface area (Å²) >= 11 is 0. The van der Waals surface area contributed by atoms with E-state index in [1.165, 1.54) is 7.11 Å². The summed E-state index contributed by atoms with van der Waals surface area (Å²) in [5, 5.41) is 0.903. The highest BCUT2D eigenvalue weighted by atomic mass is 16.5. The van der Waals surface area contributed by atoms with E-state index < -0.39 is 0 Å². The highest BCUT2D eigenvalue weighted by Gasteiger charge is 2.12. The fraction of sp³-hybridized carbons (Fsp3) is 0.154. The van der Waals surface area contributed by atoms with Gasteiger partial charge in [-0.25, -0.2) is 4.79 Å². The van der Waals surface area contributed by atoms with Gasteiger partial charge in [-0.15, -0.1) is 0 Å². The molecule has 0 atom stereocenters. The standard InChI is InChI=1S/C13H13NO2/c1-4-9-7-11(13(15)16-3)10-5-6-14(2)12(10)8-9/h4-8H,1H2,2-3H3. The summed E-state index contributed by atoms with van der Waals surface area (Å²) in [5.74, 6) is -0.320. The Morgan fingerprint density at radius 3 is 2.88 bits per heavy atom.